The minimum Gasteiger partial charge on any atom is -0.496 e. The summed E-state index contributed by atoms with van der Waals surface area (Å²) in [5.74, 6) is 0.801. The summed E-state index contributed by atoms with van der Waals surface area (Å²) in [4.78, 5) is 4.30. The Hall–Kier alpha value is -2.48. The summed E-state index contributed by atoms with van der Waals surface area (Å²) < 4.78 is 5.36. The van der Waals surface area contributed by atoms with E-state index in [4.69, 9.17) is 16.3 Å². The molecule has 1 aromatic heterocycles. The predicted molar refractivity (Wildman–Crippen MR) is 99.0 cm³/mol. The van der Waals surface area contributed by atoms with E-state index >= 15 is 0 Å². The van der Waals surface area contributed by atoms with Crippen molar-refractivity contribution in [1.82, 2.24) is 4.98 Å². The third-order valence-electron chi connectivity index (χ3n) is 3.60. The van der Waals surface area contributed by atoms with E-state index in [1.165, 1.54) is 0 Å². The van der Waals surface area contributed by atoms with Crippen molar-refractivity contribution in [3.05, 3.63) is 64.8 Å². The average Bonchev–Trinajstić information content (AvgIpc) is 2.59. The predicted octanol–water partition coefficient (Wildman–Crippen LogP) is 4.80. The van der Waals surface area contributed by atoms with Gasteiger partial charge in [0.15, 0.2) is 0 Å². The van der Waals surface area contributed by atoms with Crippen LogP contribution < -0.4 is 10.1 Å². The Morgan fingerprint density at radius 3 is 2.79 bits per heavy atom. The molecule has 2 aromatic carbocycles. The highest BCUT2D eigenvalue weighted by atomic mass is 35.5. The summed E-state index contributed by atoms with van der Waals surface area (Å²) in [5.41, 5.74) is 3.00. The minimum absolute atomic E-state index is 0. The van der Waals surface area contributed by atoms with E-state index in [1.807, 2.05) is 36.4 Å². The van der Waals surface area contributed by atoms with Crippen molar-refractivity contribution in [2.45, 2.75) is 6.54 Å². The quantitative estimate of drug-likeness (QED) is 0.726. The molecule has 3 rings (SSSR count). The first-order valence-corrected chi connectivity index (χ1v) is 7.45. The molecular weight excluding hydrogens is 345 g/mol. The van der Waals surface area contributed by atoms with Crippen molar-refractivity contribution >= 4 is 40.6 Å². The minimum atomic E-state index is 0. The SMILES string of the molecule is COc1ccccc1CNc1c(C#N)cnc2ccc(Cl)cc12.Cl. The van der Waals surface area contributed by atoms with Gasteiger partial charge in [-0.2, -0.15) is 5.26 Å². The van der Waals surface area contributed by atoms with Crippen LogP contribution in [-0.2, 0) is 6.54 Å². The maximum atomic E-state index is 9.36. The van der Waals surface area contributed by atoms with Gasteiger partial charge in [0.1, 0.15) is 11.8 Å². The zero-order chi connectivity index (χ0) is 16.2. The summed E-state index contributed by atoms with van der Waals surface area (Å²) in [7, 11) is 1.64. The van der Waals surface area contributed by atoms with E-state index in [0.29, 0.717) is 17.1 Å². The molecule has 0 radical (unpaired) electrons. The molecule has 0 unspecified atom stereocenters. The molecule has 0 fully saturated rings. The van der Waals surface area contributed by atoms with Crippen molar-refractivity contribution in [1.29, 1.82) is 5.26 Å². The van der Waals surface area contributed by atoms with Gasteiger partial charge in [0.2, 0.25) is 0 Å². The van der Waals surface area contributed by atoms with Crippen LogP contribution in [0.5, 0.6) is 5.75 Å². The lowest BCUT2D eigenvalue weighted by Crippen LogP contribution is -2.04. The molecule has 0 spiro atoms. The van der Waals surface area contributed by atoms with Crippen LogP contribution in [0.15, 0.2) is 48.7 Å². The number of benzene rings is 2. The molecule has 3 aromatic rings. The summed E-state index contributed by atoms with van der Waals surface area (Å²) in [6.07, 6.45) is 1.57. The van der Waals surface area contributed by atoms with Crippen LogP contribution in [0.1, 0.15) is 11.1 Å². The first-order chi connectivity index (χ1) is 11.2. The highest BCUT2D eigenvalue weighted by Gasteiger charge is 2.10. The molecule has 0 saturated heterocycles. The van der Waals surface area contributed by atoms with Crippen molar-refractivity contribution in [2.24, 2.45) is 0 Å². The number of rotatable bonds is 4. The number of para-hydroxylation sites is 1. The lowest BCUT2D eigenvalue weighted by molar-refractivity contribution is 0.410. The zero-order valence-electron chi connectivity index (χ0n) is 12.9. The van der Waals surface area contributed by atoms with Gasteiger partial charge >= 0.3 is 0 Å². The van der Waals surface area contributed by atoms with E-state index in [0.717, 1.165) is 27.9 Å². The monoisotopic (exact) mass is 359 g/mol. The number of nitrogens with zero attached hydrogens (tertiary/aromatic N) is 2. The average molecular weight is 360 g/mol. The highest BCUT2D eigenvalue weighted by Crippen LogP contribution is 2.29. The van der Waals surface area contributed by atoms with Gasteiger partial charge in [-0.15, -0.1) is 12.4 Å². The van der Waals surface area contributed by atoms with Crippen molar-refractivity contribution in [2.75, 3.05) is 12.4 Å². The van der Waals surface area contributed by atoms with Crippen LogP contribution in [0.4, 0.5) is 5.69 Å². The smallest absolute Gasteiger partial charge is 0.123 e. The maximum absolute atomic E-state index is 9.36. The van der Waals surface area contributed by atoms with Crippen LogP contribution in [-0.4, -0.2) is 12.1 Å². The number of aromatic nitrogens is 1. The molecule has 0 amide bonds. The molecule has 0 aliphatic rings. The first-order valence-electron chi connectivity index (χ1n) is 7.07. The Kier molecular flexibility index (Phi) is 5.86. The molecule has 24 heavy (non-hydrogen) atoms. The van der Waals surface area contributed by atoms with E-state index in [-0.39, 0.29) is 12.4 Å². The number of ether oxygens (including phenoxy) is 1. The number of nitriles is 1. The summed E-state index contributed by atoms with van der Waals surface area (Å²) >= 11 is 6.09. The van der Waals surface area contributed by atoms with Crippen LogP contribution in [0, 0.1) is 11.3 Å². The molecule has 0 saturated carbocycles. The second-order valence-corrected chi connectivity index (χ2v) is 5.42. The normalized spacial score (nSPS) is 9.88. The lowest BCUT2D eigenvalue weighted by Gasteiger charge is -2.13. The fourth-order valence-electron chi connectivity index (χ4n) is 2.47. The molecule has 1 N–H and O–H groups in total. The van der Waals surface area contributed by atoms with Gasteiger partial charge in [-0.05, 0) is 24.3 Å². The van der Waals surface area contributed by atoms with Gasteiger partial charge < -0.3 is 10.1 Å². The Labute approximate surface area is 151 Å². The van der Waals surface area contributed by atoms with Gasteiger partial charge in [0.05, 0.1) is 23.9 Å². The van der Waals surface area contributed by atoms with Crippen LogP contribution in [0.3, 0.4) is 0 Å². The van der Waals surface area contributed by atoms with E-state index in [1.54, 1.807) is 19.4 Å². The zero-order valence-corrected chi connectivity index (χ0v) is 14.5. The lowest BCUT2D eigenvalue weighted by atomic mass is 10.1. The Balaban J connectivity index is 0.00000208. The fourth-order valence-corrected chi connectivity index (χ4v) is 2.64. The number of hydrogen-bond acceptors (Lipinski definition) is 4. The molecule has 0 aliphatic heterocycles. The van der Waals surface area contributed by atoms with Crippen LogP contribution in [0.2, 0.25) is 5.02 Å². The first kappa shape index (κ1) is 17.9. The topological polar surface area (TPSA) is 57.9 Å². The number of anilines is 1. The maximum Gasteiger partial charge on any atom is 0.123 e. The standard InChI is InChI=1S/C18H14ClN3O.ClH/c1-23-17-5-3-2-4-12(17)10-22-18-13(9-20)11-21-16-7-6-14(19)8-15(16)18;/h2-8,11H,10H2,1H3,(H,21,22);1H. The number of methoxy groups -OCH3 is 1. The number of fused-ring (bicyclic) bond motifs is 1. The molecule has 6 heteroatoms. The Bertz CT molecular complexity index is 906. The van der Waals surface area contributed by atoms with Gasteiger partial charge in [-0.1, -0.05) is 29.8 Å². The number of hydrogen-bond donors (Lipinski definition) is 1. The van der Waals surface area contributed by atoms with Gasteiger partial charge in [-0.3, -0.25) is 4.98 Å². The third kappa shape index (κ3) is 3.53. The van der Waals surface area contributed by atoms with Gasteiger partial charge in [-0.25, -0.2) is 0 Å². The summed E-state index contributed by atoms with van der Waals surface area (Å²) in [5, 5.41) is 14.1. The van der Waals surface area contributed by atoms with Crippen LogP contribution in [0.25, 0.3) is 10.9 Å². The Morgan fingerprint density at radius 1 is 1.25 bits per heavy atom. The van der Waals surface area contributed by atoms with Gasteiger partial charge in [0, 0.05) is 28.7 Å². The molecule has 4 nitrogen and oxygen atoms in total. The fraction of sp³-hybridized carbons (Fsp3) is 0.111. The molecule has 0 bridgehead atoms. The van der Waals surface area contributed by atoms with Crippen LogP contribution >= 0.6 is 24.0 Å². The molecule has 1 heterocycles. The van der Waals surface area contributed by atoms with Crippen molar-refractivity contribution < 1.29 is 4.74 Å². The summed E-state index contributed by atoms with van der Waals surface area (Å²) in [6, 6.07) is 15.4. The van der Waals surface area contributed by atoms with Crippen molar-refractivity contribution in [3.63, 3.8) is 0 Å². The number of pyridine rings is 1. The highest BCUT2D eigenvalue weighted by molar-refractivity contribution is 6.31. The molecule has 0 aliphatic carbocycles. The summed E-state index contributed by atoms with van der Waals surface area (Å²) in [6.45, 7) is 0.532. The molecule has 122 valence electrons. The number of halogens is 2. The third-order valence-corrected chi connectivity index (χ3v) is 3.83. The largest absolute Gasteiger partial charge is 0.496 e. The van der Waals surface area contributed by atoms with E-state index in [2.05, 4.69) is 16.4 Å². The Morgan fingerprint density at radius 2 is 2.04 bits per heavy atom. The van der Waals surface area contributed by atoms with E-state index < -0.39 is 0 Å². The number of nitrogens with one attached hydrogen (secondary N) is 1. The van der Waals surface area contributed by atoms with E-state index in [9.17, 15) is 5.26 Å². The molecule has 0 atom stereocenters. The molecular formula is C18H15Cl2N3O. The second kappa shape index (κ2) is 7.87. The van der Waals surface area contributed by atoms with Gasteiger partial charge in [0.25, 0.3) is 0 Å². The van der Waals surface area contributed by atoms with Crippen molar-refractivity contribution in [3.8, 4) is 11.8 Å². The second-order valence-electron chi connectivity index (χ2n) is 4.99.